The van der Waals surface area contributed by atoms with E-state index in [9.17, 15) is 10.1 Å². The molecule has 6 nitrogen and oxygen atoms in total. The average molecular weight is 264 g/mol. The van der Waals surface area contributed by atoms with Crippen molar-refractivity contribution in [3.8, 4) is 0 Å². The first-order valence-corrected chi connectivity index (χ1v) is 6.83. The van der Waals surface area contributed by atoms with E-state index < -0.39 is 0 Å². The van der Waals surface area contributed by atoms with Crippen LogP contribution < -0.4 is 10.6 Å². The molecule has 104 valence electrons. The van der Waals surface area contributed by atoms with E-state index in [4.69, 9.17) is 0 Å². The molecular weight excluding hydrogens is 244 g/mol. The molecule has 0 spiro atoms. The third-order valence-corrected chi connectivity index (χ3v) is 3.43. The van der Waals surface area contributed by atoms with Crippen molar-refractivity contribution < 1.29 is 4.92 Å². The summed E-state index contributed by atoms with van der Waals surface area (Å²) in [5.41, 5.74) is 0.0693. The van der Waals surface area contributed by atoms with Gasteiger partial charge in [0.15, 0.2) is 0 Å². The first-order valence-electron chi connectivity index (χ1n) is 6.83. The van der Waals surface area contributed by atoms with Crippen LogP contribution in [-0.4, -0.2) is 23.0 Å². The largest absolute Gasteiger partial charge is 0.370 e. The summed E-state index contributed by atoms with van der Waals surface area (Å²) >= 11 is 0. The van der Waals surface area contributed by atoms with E-state index >= 15 is 0 Å². The molecule has 0 aromatic carbocycles. The van der Waals surface area contributed by atoms with E-state index in [1.54, 1.807) is 0 Å². The van der Waals surface area contributed by atoms with Crippen molar-refractivity contribution in [1.29, 1.82) is 0 Å². The lowest BCUT2D eigenvalue weighted by Gasteiger charge is -2.12. The van der Waals surface area contributed by atoms with Gasteiger partial charge in [0.05, 0.1) is 17.1 Å². The lowest BCUT2D eigenvalue weighted by Crippen LogP contribution is -2.13. The Kier molecular flexibility index (Phi) is 4.54. The van der Waals surface area contributed by atoms with Crippen LogP contribution in [0.25, 0.3) is 0 Å². The van der Waals surface area contributed by atoms with Crippen molar-refractivity contribution in [2.24, 2.45) is 5.92 Å². The second-order valence-electron chi connectivity index (χ2n) is 4.91. The predicted molar refractivity (Wildman–Crippen MR) is 75.5 cm³/mol. The third-order valence-electron chi connectivity index (χ3n) is 3.43. The zero-order valence-electron chi connectivity index (χ0n) is 11.2. The summed E-state index contributed by atoms with van der Waals surface area (Å²) < 4.78 is 0. The minimum atomic E-state index is -0.386. The highest BCUT2D eigenvalue weighted by molar-refractivity contribution is 5.54. The van der Waals surface area contributed by atoms with Crippen LogP contribution in [0, 0.1) is 16.0 Å². The van der Waals surface area contributed by atoms with Gasteiger partial charge in [0.25, 0.3) is 5.69 Å². The fourth-order valence-corrected chi connectivity index (χ4v) is 2.45. The first-order chi connectivity index (χ1) is 9.19. The molecular formula is C13H20N4O2. The van der Waals surface area contributed by atoms with Crippen molar-refractivity contribution in [2.75, 3.05) is 23.7 Å². The minimum Gasteiger partial charge on any atom is -0.370 e. The summed E-state index contributed by atoms with van der Waals surface area (Å²) in [6.45, 7) is 3.47. The van der Waals surface area contributed by atoms with E-state index in [1.165, 1.54) is 37.8 Å². The normalized spacial score (nSPS) is 15.4. The molecule has 0 saturated heterocycles. The van der Waals surface area contributed by atoms with Crippen LogP contribution in [0.2, 0.25) is 0 Å². The van der Waals surface area contributed by atoms with Crippen LogP contribution in [0.3, 0.4) is 0 Å². The Morgan fingerprint density at radius 2 is 1.95 bits per heavy atom. The Balaban J connectivity index is 2.06. The molecule has 0 unspecified atom stereocenters. The van der Waals surface area contributed by atoms with Gasteiger partial charge in [-0.1, -0.05) is 12.8 Å². The van der Waals surface area contributed by atoms with Gasteiger partial charge < -0.3 is 10.6 Å². The van der Waals surface area contributed by atoms with Crippen molar-refractivity contribution >= 4 is 17.3 Å². The molecule has 1 fully saturated rings. The first kappa shape index (κ1) is 13.6. The van der Waals surface area contributed by atoms with Gasteiger partial charge in [0.1, 0.15) is 11.6 Å². The number of hydrogen-bond donors (Lipinski definition) is 2. The standard InChI is InChI=1S/C13H20N4O2/c1-2-14-12-7-11(17(18)19)8-13(16-12)15-9-10-5-3-4-6-10/h7-8,10H,2-6,9H2,1H3,(H2,14,15,16). The van der Waals surface area contributed by atoms with Crippen molar-refractivity contribution in [2.45, 2.75) is 32.6 Å². The Bertz CT molecular complexity index is 444. The average Bonchev–Trinajstić information content (AvgIpc) is 2.89. The Hall–Kier alpha value is -1.85. The van der Waals surface area contributed by atoms with Crippen LogP contribution in [0.5, 0.6) is 0 Å². The fourth-order valence-electron chi connectivity index (χ4n) is 2.45. The van der Waals surface area contributed by atoms with E-state index in [2.05, 4.69) is 15.6 Å². The van der Waals surface area contributed by atoms with Gasteiger partial charge in [0.2, 0.25) is 0 Å². The summed E-state index contributed by atoms with van der Waals surface area (Å²) in [5, 5.41) is 17.1. The van der Waals surface area contributed by atoms with Gasteiger partial charge in [-0.3, -0.25) is 10.1 Å². The molecule has 0 atom stereocenters. The molecule has 2 rings (SSSR count). The summed E-state index contributed by atoms with van der Waals surface area (Å²) in [6.07, 6.45) is 5.05. The zero-order valence-corrected chi connectivity index (χ0v) is 11.2. The third kappa shape index (κ3) is 3.81. The zero-order chi connectivity index (χ0) is 13.7. The Labute approximate surface area is 112 Å². The lowest BCUT2D eigenvalue weighted by atomic mass is 10.1. The summed E-state index contributed by atoms with van der Waals surface area (Å²) in [6, 6.07) is 2.96. The van der Waals surface area contributed by atoms with E-state index in [1.807, 2.05) is 6.92 Å². The summed E-state index contributed by atoms with van der Waals surface area (Å²) in [5.74, 6) is 1.80. The number of anilines is 2. The van der Waals surface area contributed by atoms with E-state index in [-0.39, 0.29) is 10.6 Å². The number of nitrogens with one attached hydrogen (secondary N) is 2. The highest BCUT2D eigenvalue weighted by Crippen LogP contribution is 2.26. The van der Waals surface area contributed by atoms with E-state index in [0.717, 1.165) is 6.54 Å². The van der Waals surface area contributed by atoms with Crippen molar-refractivity contribution in [1.82, 2.24) is 4.98 Å². The maximum absolute atomic E-state index is 10.9. The van der Waals surface area contributed by atoms with Gasteiger partial charge in [-0.25, -0.2) is 4.98 Å². The molecule has 0 aliphatic heterocycles. The van der Waals surface area contributed by atoms with Gasteiger partial charge in [-0.15, -0.1) is 0 Å². The van der Waals surface area contributed by atoms with Crippen LogP contribution in [0.4, 0.5) is 17.3 Å². The molecule has 1 aromatic heterocycles. The summed E-state index contributed by atoms with van der Waals surface area (Å²) in [7, 11) is 0. The molecule has 19 heavy (non-hydrogen) atoms. The van der Waals surface area contributed by atoms with Crippen LogP contribution in [0.1, 0.15) is 32.6 Å². The lowest BCUT2D eigenvalue weighted by molar-refractivity contribution is -0.384. The second-order valence-corrected chi connectivity index (χ2v) is 4.91. The highest BCUT2D eigenvalue weighted by atomic mass is 16.6. The van der Waals surface area contributed by atoms with Gasteiger partial charge in [0, 0.05) is 13.1 Å². The molecule has 1 aliphatic rings. The molecule has 0 radical (unpaired) electrons. The van der Waals surface area contributed by atoms with Crippen LogP contribution in [-0.2, 0) is 0 Å². The number of nitrogens with zero attached hydrogens (tertiary/aromatic N) is 2. The molecule has 1 aromatic rings. The minimum absolute atomic E-state index is 0.0693. The number of pyridine rings is 1. The summed E-state index contributed by atoms with van der Waals surface area (Å²) in [4.78, 5) is 14.8. The molecule has 1 heterocycles. The van der Waals surface area contributed by atoms with Crippen LogP contribution in [0.15, 0.2) is 12.1 Å². The van der Waals surface area contributed by atoms with Crippen molar-refractivity contribution in [3.63, 3.8) is 0 Å². The fraction of sp³-hybridized carbons (Fsp3) is 0.615. The highest BCUT2D eigenvalue weighted by Gasteiger charge is 2.16. The molecule has 2 N–H and O–H groups in total. The topological polar surface area (TPSA) is 80.1 Å². The van der Waals surface area contributed by atoms with Gasteiger partial charge in [-0.05, 0) is 25.7 Å². The molecule has 6 heteroatoms. The maximum atomic E-state index is 10.9. The molecule has 1 saturated carbocycles. The second kappa shape index (κ2) is 6.36. The van der Waals surface area contributed by atoms with Crippen molar-refractivity contribution in [3.05, 3.63) is 22.2 Å². The molecule has 0 bridgehead atoms. The number of hydrogen-bond acceptors (Lipinski definition) is 5. The van der Waals surface area contributed by atoms with Gasteiger partial charge >= 0.3 is 0 Å². The van der Waals surface area contributed by atoms with Crippen LogP contribution >= 0.6 is 0 Å². The molecule has 0 amide bonds. The Morgan fingerprint density at radius 1 is 1.32 bits per heavy atom. The quantitative estimate of drug-likeness (QED) is 0.609. The number of aromatic nitrogens is 1. The number of rotatable bonds is 6. The van der Waals surface area contributed by atoms with Gasteiger partial charge in [-0.2, -0.15) is 0 Å². The SMILES string of the molecule is CCNc1cc([N+](=O)[O-])cc(NCC2CCCC2)n1. The maximum Gasteiger partial charge on any atom is 0.276 e. The smallest absolute Gasteiger partial charge is 0.276 e. The predicted octanol–water partition coefficient (Wildman–Crippen LogP) is 3.02. The van der Waals surface area contributed by atoms with E-state index in [0.29, 0.717) is 24.1 Å². The molecule has 1 aliphatic carbocycles. The monoisotopic (exact) mass is 264 g/mol. The Morgan fingerprint density at radius 3 is 2.53 bits per heavy atom. The number of nitro groups is 1.